The van der Waals surface area contributed by atoms with Crippen molar-refractivity contribution in [3.63, 3.8) is 0 Å². The van der Waals surface area contributed by atoms with Gasteiger partial charge in [0.25, 0.3) is 0 Å². The molecule has 0 aliphatic carbocycles. The topological polar surface area (TPSA) is 64.9 Å². The molecule has 2 aromatic rings. The molecule has 0 saturated carbocycles. The number of rotatable bonds is 3. The van der Waals surface area contributed by atoms with Gasteiger partial charge in [0.2, 0.25) is 12.3 Å². The van der Waals surface area contributed by atoms with Gasteiger partial charge in [-0.15, -0.1) is 10.2 Å². The Hall–Kier alpha value is -1.68. The Balaban J connectivity index is 2.06. The number of nitrogens with two attached hydrogens (primary N) is 1. The Morgan fingerprint density at radius 1 is 1.29 bits per heavy atom. The van der Waals surface area contributed by atoms with Crippen molar-refractivity contribution in [3.8, 4) is 0 Å². The van der Waals surface area contributed by atoms with Crippen LogP contribution in [0.4, 0.5) is 0 Å². The quantitative estimate of drug-likeness (QED) is 0.790. The molecule has 1 unspecified atom stereocenters. The fourth-order valence-electron chi connectivity index (χ4n) is 1.30. The minimum atomic E-state index is -0.222. The summed E-state index contributed by atoms with van der Waals surface area (Å²) >= 11 is 0. The number of aromatic nitrogens is 2. The molecule has 1 aromatic carbocycles. The van der Waals surface area contributed by atoms with Gasteiger partial charge in [0.15, 0.2) is 0 Å². The molecule has 0 saturated heterocycles. The smallest absolute Gasteiger partial charge is 0.233 e. The van der Waals surface area contributed by atoms with E-state index in [2.05, 4.69) is 10.2 Å². The summed E-state index contributed by atoms with van der Waals surface area (Å²) in [7, 11) is 0. The van der Waals surface area contributed by atoms with Crippen molar-refractivity contribution in [3.05, 3.63) is 48.2 Å². The third-order valence-corrected chi connectivity index (χ3v) is 1.99. The van der Waals surface area contributed by atoms with Gasteiger partial charge in [0.05, 0.1) is 6.04 Å². The average molecular weight is 189 g/mol. The van der Waals surface area contributed by atoms with Crippen LogP contribution in [-0.2, 0) is 6.42 Å². The van der Waals surface area contributed by atoms with E-state index in [1.165, 1.54) is 12.0 Å². The van der Waals surface area contributed by atoms with Crippen LogP contribution in [0, 0.1) is 0 Å². The van der Waals surface area contributed by atoms with E-state index in [4.69, 9.17) is 10.2 Å². The molecule has 0 aliphatic heterocycles. The van der Waals surface area contributed by atoms with E-state index >= 15 is 0 Å². The van der Waals surface area contributed by atoms with Crippen LogP contribution in [0.2, 0.25) is 0 Å². The fourth-order valence-corrected chi connectivity index (χ4v) is 1.30. The van der Waals surface area contributed by atoms with E-state index in [9.17, 15) is 0 Å². The van der Waals surface area contributed by atoms with E-state index in [0.717, 1.165) is 0 Å². The Morgan fingerprint density at radius 2 is 2.07 bits per heavy atom. The van der Waals surface area contributed by atoms with Crippen molar-refractivity contribution in [2.45, 2.75) is 12.5 Å². The molecule has 4 heteroatoms. The Morgan fingerprint density at radius 3 is 2.71 bits per heavy atom. The third kappa shape index (κ3) is 1.97. The van der Waals surface area contributed by atoms with Gasteiger partial charge in [-0.3, -0.25) is 0 Å². The SMILES string of the molecule is NC(Cc1ccccc1)c1nnco1. The first-order valence-electron chi connectivity index (χ1n) is 4.42. The van der Waals surface area contributed by atoms with Crippen LogP contribution in [0.15, 0.2) is 41.1 Å². The number of benzene rings is 1. The van der Waals surface area contributed by atoms with Gasteiger partial charge in [-0.2, -0.15) is 0 Å². The number of hydrogen-bond acceptors (Lipinski definition) is 4. The fraction of sp³-hybridized carbons (Fsp3) is 0.200. The highest BCUT2D eigenvalue weighted by Crippen LogP contribution is 2.12. The second-order valence-electron chi connectivity index (χ2n) is 3.07. The van der Waals surface area contributed by atoms with E-state index in [0.29, 0.717) is 12.3 Å². The molecule has 1 heterocycles. The third-order valence-electron chi connectivity index (χ3n) is 1.99. The molecule has 2 N–H and O–H groups in total. The highest BCUT2D eigenvalue weighted by Gasteiger charge is 2.11. The molecule has 1 atom stereocenters. The highest BCUT2D eigenvalue weighted by molar-refractivity contribution is 5.16. The van der Waals surface area contributed by atoms with Crippen LogP contribution in [0.25, 0.3) is 0 Å². The predicted molar refractivity (Wildman–Crippen MR) is 51.4 cm³/mol. The minimum absolute atomic E-state index is 0.222. The van der Waals surface area contributed by atoms with E-state index in [1.54, 1.807) is 0 Å². The largest absolute Gasteiger partial charge is 0.426 e. The van der Waals surface area contributed by atoms with Gasteiger partial charge in [0.1, 0.15) is 0 Å². The molecule has 4 nitrogen and oxygen atoms in total. The van der Waals surface area contributed by atoms with Crippen LogP contribution in [0.5, 0.6) is 0 Å². The molecule has 0 radical (unpaired) electrons. The molecule has 0 amide bonds. The molecule has 2 rings (SSSR count). The zero-order valence-electron chi connectivity index (χ0n) is 7.63. The molecule has 14 heavy (non-hydrogen) atoms. The lowest BCUT2D eigenvalue weighted by molar-refractivity contribution is 0.448. The van der Waals surface area contributed by atoms with Crippen molar-refractivity contribution in [2.75, 3.05) is 0 Å². The molecular formula is C10H11N3O. The van der Waals surface area contributed by atoms with Crippen molar-refractivity contribution in [2.24, 2.45) is 5.73 Å². The zero-order valence-corrected chi connectivity index (χ0v) is 7.63. The summed E-state index contributed by atoms with van der Waals surface area (Å²) in [6.07, 6.45) is 2.00. The lowest BCUT2D eigenvalue weighted by Crippen LogP contribution is -2.13. The molecule has 0 bridgehead atoms. The van der Waals surface area contributed by atoms with Crippen LogP contribution < -0.4 is 5.73 Å². The summed E-state index contributed by atoms with van der Waals surface area (Å²) in [4.78, 5) is 0. The number of hydrogen-bond donors (Lipinski definition) is 1. The van der Waals surface area contributed by atoms with Gasteiger partial charge >= 0.3 is 0 Å². The maximum atomic E-state index is 5.88. The van der Waals surface area contributed by atoms with Crippen molar-refractivity contribution < 1.29 is 4.42 Å². The summed E-state index contributed by atoms with van der Waals surface area (Å²) < 4.78 is 5.02. The maximum absolute atomic E-state index is 5.88. The first-order chi connectivity index (χ1) is 6.86. The average Bonchev–Trinajstić information content (AvgIpc) is 2.72. The highest BCUT2D eigenvalue weighted by atomic mass is 16.4. The van der Waals surface area contributed by atoms with Crippen LogP contribution in [0.3, 0.4) is 0 Å². The Bertz CT molecular complexity index is 372. The van der Waals surface area contributed by atoms with E-state index < -0.39 is 0 Å². The van der Waals surface area contributed by atoms with Crippen LogP contribution in [0.1, 0.15) is 17.5 Å². The van der Waals surface area contributed by atoms with Gasteiger partial charge < -0.3 is 10.2 Å². The number of nitrogens with zero attached hydrogens (tertiary/aromatic N) is 2. The van der Waals surface area contributed by atoms with Crippen molar-refractivity contribution in [1.82, 2.24) is 10.2 Å². The van der Waals surface area contributed by atoms with E-state index in [-0.39, 0.29) is 6.04 Å². The second-order valence-corrected chi connectivity index (χ2v) is 3.07. The van der Waals surface area contributed by atoms with Crippen molar-refractivity contribution in [1.29, 1.82) is 0 Å². The van der Waals surface area contributed by atoms with E-state index in [1.807, 2.05) is 30.3 Å². The normalized spacial score (nSPS) is 12.6. The zero-order chi connectivity index (χ0) is 9.80. The minimum Gasteiger partial charge on any atom is -0.426 e. The molecule has 72 valence electrons. The van der Waals surface area contributed by atoms with Gasteiger partial charge in [0, 0.05) is 0 Å². The summed E-state index contributed by atoms with van der Waals surface area (Å²) in [6.45, 7) is 0. The Kier molecular flexibility index (Phi) is 2.55. The van der Waals surface area contributed by atoms with Crippen molar-refractivity contribution >= 4 is 0 Å². The first-order valence-corrected chi connectivity index (χ1v) is 4.42. The standard InChI is InChI=1S/C10H11N3O/c11-9(10-13-12-7-14-10)6-8-4-2-1-3-5-8/h1-5,7,9H,6,11H2. The first kappa shape index (κ1) is 8.90. The van der Waals surface area contributed by atoms with Gasteiger partial charge in [-0.25, -0.2) is 0 Å². The molecular weight excluding hydrogens is 178 g/mol. The van der Waals surface area contributed by atoms with Crippen LogP contribution in [-0.4, -0.2) is 10.2 Å². The summed E-state index contributed by atoms with van der Waals surface area (Å²) in [5.74, 6) is 0.480. The van der Waals surface area contributed by atoms with Crippen LogP contribution >= 0.6 is 0 Å². The summed E-state index contributed by atoms with van der Waals surface area (Å²) in [5.41, 5.74) is 7.04. The summed E-state index contributed by atoms with van der Waals surface area (Å²) in [5, 5.41) is 7.36. The maximum Gasteiger partial charge on any atom is 0.233 e. The Labute approximate surface area is 81.8 Å². The molecule has 0 spiro atoms. The monoisotopic (exact) mass is 189 g/mol. The lowest BCUT2D eigenvalue weighted by Gasteiger charge is -2.05. The summed E-state index contributed by atoms with van der Waals surface area (Å²) in [6, 6.07) is 9.76. The molecule has 0 aliphatic rings. The van der Waals surface area contributed by atoms with Gasteiger partial charge in [-0.1, -0.05) is 30.3 Å². The lowest BCUT2D eigenvalue weighted by atomic mass is 10.1. The predicted octanol–water partition coefficient (Wildman–Crippen LogP) is 1.31. The van der Waals surface area contributed by atoms with Gasteiger partial charge in [-0.05, 0) is 12.0 Å². The second kappa shape index (κ2) is 4.02. The molecule has 1 aromatic heterocycles. The molecule has 0 fully saturated rings.